The van der Waals surface area contributed by atoms with E-state index in [0.717, 1.165) is 5.56 Å². The molecule has 3 heterocycles. The number of carboxylic acid groups (broad SMARTS) is 1. The van der Waals surface area contributed by atoms with Crippen LogP contribution in [0, 0.1) is 0 Å². The number of carbonyl (C=O) groups is 2. The number of benzene rings is 1. The van der Waals surface area contributed by atoms with Gasteiger partial charge in [0.2, 0.25) is 0 Å². The second kappa shape index (κ2) is 7.29. The molecule has 1 aromatic carbocycles. The molecule has 1 aliphatic heterocycles. The van der Waals surface area contributed by atoms with Crippen molar-refractivity contribution in [1.29, 1.82) is 0 Å². The first-order valence-corrected chi connectivity index (χ1v) is 9.60. The second-order valence-corrected chi connectivity index (χ2v) is 7.25. The van der Waals surface area contributed by atoms with Crippen LogP contribution in [0.15, 0.2) is 42.6 Å². The third kappa shape index (κ3) is 3.36. The molecule has 0 radical (unpaired) electrons. The number of aliphatic carboxylic acids is 1. The fourth-order valence-electron chi connectivity index (χ4n) is 3.68. The molecule has 0 aliphatic carbocycles. The summed E-state index contributed by atoms with van der Waals surface area (Å²) in [6.45, 7) is 2.93. The third-order valence-corrected chi connectivity index (χ3v) is 5.48. The molecule has 29 heavy (non-hydrogen) atoms. The van der Waals surface area contributed by atoms with Gasteiger partial charge in [-0.2, -0.15) is 5.10 Å². The molecular formula is C21H22N4O4. The molecule has 3 aromatic rings. The lowest BCUT2D eigenvalue weighted by Gasteiger charge is -2.35. The van der Waals surface area contributed by atoms with E-state index in [4.69, 9.17) is 4.98 Å². The summed E-state index contributed by atoms with van der Waals surface area (Å²) in [5.74, 6) is -1.45. The minimum atomic E-state index is -1.77. The van der Waals surface area contributed by atoms with Crippen LogP contribution in [-0.4, -0.2) is 60.4 Å². The molecule has 0 atom stereocenters. The lowest BCUT2D eigenvalue weighted by Crippen LogP contribution is -2.50. The van der Waals surface area contributed by atoms with E-state index in [1.165, 1.54) is 0 Å². The predicted octanol–water partition coefficient (Wildman–Crippen LogP) is 2.17. The van der Waals surface area contributed by atoms with Gasteiger partial charge in [0.15, 0.2) is 11.2 Å². The minimum absolute atomic E-state index is 0.00205. The fourth-order valence-corrected chi connectivity index (χ4v) is 3.68. The van der Waals surface area contributed by atoms with Gasteiger partial charge in [0.25, 0.3) is 5.91 Å². The molecule has 0 bridgehead atoms. The van der Waals surface area contributed by atoms with Gasteiger partial charge in [0, 0.05) is 38.0 Å². The maximum Gasteiger partial charge on any atom is 0.335 e. The Morgan fingerprint density at radius 2 is 1.86 bits per heavy atom. The summed E-state index contributed by atoms with van der Waals surface area (Å²) < 4.78 is 1.75. The Balaban J connectivity index is 1.74. The van der Waals surface area contributed by atoms with Crippen LogP contribution >= 0.6 is 0 Å². The van der Waals surface area contributed by atoms with Gasteiger partial charge in [-0.15, -0.1) is 0 Å². The monoisotopic (exact) mass is 394 g/mol. The Kier molecular flexibility index (Phi) is 4.79. The maximum absolute atomic E-state index is 13.3. The number of amides is 1. The normalized spacial score (nSPS) is 16.1. The van der Waals surface area contributed by atoms with Crippen LogP contribution in [0.1, 0.15) is 30.1 Å². The molecule has 4 rings (SSSR count). The van der Waals surface area contributed by atoms with E-state index in [9.17, 15) is 19.8 Å². The van der Waals surface area contributed by atoms with E-state index in [1.807, 2.05) is 37.3 Å². The van der Waals surface area contributed by atoms with E-state index >= 15 is 0 Å². The average Bonchev–Trinajstić information content (AvgIpc) is 3.17. The highest BCUT2D eigenvalue weighted by molar-refractivity contribution is 6.06. The first kappa shape index (κ1) is 19.1. The fraction of sp³-hybridized carbons (Fsp3) is 0.333. The van der Waals surface area contributed by atoms with Crippen molar-refractivity contribution < 1.29 is 19.8 Å². The molecule has 1 saturated heterocycles. The molecule has 2 aromatic heterocycles. The highest BCUT2D eigenvalue weighted by Crippen LogP contribution is 2.28. The van der Waals surface area contributed by atoms with Gasteiger partial charge in [-0.3, -0.25) is 4.79 Å². The lowest BCUT2D eigenvalue weighted by molar-refractivity contribution is -0.162. The van der Waals surface area contributed by atoms with E-state index in [1.54, 1.807) is 21.8 Å². The zero-order chi connectivity index (χ0) is 20.6. The lowest BCUT2D eigenvalue weighted by atomic mass is 9.91. The topological polar surface area (TPSA) is 109 Å². The van der Waals surface area contributed by atoms with Gasteiger partial charge in [-0.05, 0) is 13.0 Å². The van der Waals surface area contributed by atoms with Gasteiger partial charge < -0.3 is 15.1 Å². The standard InChI is InChI=1S/C21H22N4O4/c1-2-25-18-16(13-22-25)15(12-17(23-18)14-6-4-3-5-7-14)19(26)24-10-8-21(29,9-11-24)20(27)28/h3-7,12-13,29H,2,8-11H2,1H3,(H,27,28). The predicted molar refractivity (Wildman–Crippen MR) is 106 cm³/mol. The summed E-state index contributed by atoms with van der Waals surface area (Å²) in [7, 11) is 0. The van der Waals surface area contributed by atoms with Crippen LogP contribution in [0.25, 0.3) is 22.3 Å². The maximum atomic E-state index is 13.3. The third-order valence-electron chi connectivity index (χ3n) is 5.48. The first-order chi connectivity index (χ1) is 13.9. The zero-order valence-corrected chi connectivity index (χ0v) is 16.1. The number of pyridine rings is 1. The molecule has 1 fully saturated rings. The summed E-state index contributed by atoms with van der Waals surface area (Å²) in [6, 6.07) is 11.4. The minimum Gasteiger partial charge on any atom is -0.479 e. The van der Waals surface area contributed by atoms with E-state index in [2.05, 4.69) is 5.10 Å². The summed E-state index contributed by atoms with van der Waals surface area (Å²) in [5, 5.41) is 24.4. The number of hydrogen-bond acceptors (Lipinski definition) is 5. The van der Waals surface area contributed by atoms with Crippen LogP contribution in [0.2, 0.25) is 0 Å². The summed E-state index contributed by atoms with van der Waals surface area (Å²) in [6.07, 6.45) is 1.65. The molecular weight excluding hydrogens is 372 g/mol. The van der Waals surface area contributed by atoms with Crippen molar-refractivity contribution >= 4 is 22.9 Å². The molecule has 150 valence electrons. The van der Waals surface area contributed by atoms with Gasteiger partial charge in [-0.1, -0.05) is 30.3 Å². The van der Waals surface area contributed by atoms with Gasteiger partial charge in [-0.25, -0.2) is 14.5 Å². The Labute approximate surface area is 167 Å². The summed E-state index contributed by atoms with van der Waals surface area (Å²) in [5.41, 5.74) is 0.916. The number of rotatable bonds is 4. The zero-order valence-electron chi connectivity index (χ0n) is 16.1. The first-order valence-electron chi connectivity index (χ1n) is 9.60. The molecule has 0 unspecified atom stereocenters. The van der Waals surface area contributed by atoms with Crippen LogP contribution < -0.4 is 0 Å². The van der Waals surface area contributed by atoms with E-state index in [0.29, 0.717) is 28.8 Å². The smallest absolute Gasteiger partial charge is 0.335 e. The van der Waals surface area contributed by atoms with Crippen molar-refractivity contribution in [2.75, 3.05) is 13.1 Å². The van der Waals surface area contributed by atoms with Crippen LogP contribution in [0.3, 0.4) is 0 Å². The molecule has 1 aliphatic rings. The molecule has 0 saturated carbocycles. The van der Waals surface area contributed by atoms with Crippen molar-refractivity contribution in [3.8, 4) is 11.3 Å². The van der Waals surface area contributed by atoms with Crippen molar-refractivity contribution in [1.82, 2.24) is 19.7 Å². The van der Waals surface area contributed by atoms with Crippen molar-refractivity contribution in [3.63, 3.8) is 0 Å². The number of aryl methyl sites for hydroxylation is 1. The Morgan fingerprint density at radius 3 is 2.48 bits per heavy atom. The van der Waals surface area contributed by atoms with Crippen molar-refractivity contribution in [3.05, 3.63) is 48.2 Å². The number of aromatic nitrogens is 3. The van der Waals surface area contributed by atoms with Crippen LogP contribution in [0.4, 0.5) is 0 Å². The largest absolute Gasteiger partial charge is 0.479 e. The molecule has 8 nitrogen and oxygen atoms in total. The highest BCUT2D eigenvalue weighted by atomic mass is 16.4. The number of carbonyl (C=O) groups excluding carboxylic acids is 1. The Bertz CT molecular complexity index is 1070. The van der Waals surface area contributed by atoms with E-state index in [-0.39, 0.29) is 31.8 Å². The number of fused-ring (bicyclic) bond motifs is 1. The van der Waals surface area contributed by atoms with Gasteiger partial charge in [0.05, 0.1) is 22.8 Å². The molecule has 2 N–H and O–H groups in total. The number of aliphatic hydroxyl groups is 1. The van der Waals surface area contributed by atoms with Crippen LogP contribution in [-0.2, 0) is 11.3 Å². The van der Waals surface area contributed by atoms with Crippen LogP contribution in [0.5, 0.6) is 0 Å². The van der Waals surface area contributed by atoms with Crippen molar-refractivity contribution in [2.24, 2.45) is 0 Å². The quantitative estimate of drug-likeness (QED) is 0.702. The number of likely N-dealkylation sites (tertiary alicyclic amines) is 1. The molecule has 8 heteroatoms. The van der Waals surface area contributed by atoms with E-state index < -0.39 is 11.6 Å². The SMILES string of the molecule is CCn1ncc2c(C(=O)N3CCC(O)(C(=O)O)CC3)cc(-c3ccccc3)nc21. The van der Waals surface area contributed by atoms with Crippen molar-refractivity contribution in [2.45, 2.75) is 31.9 Å². The average molecular weight is 394 g/mol. The summed E-state index contributed by atoms with van der Waals surface area (Å²) >= 11 is 0. The highest BCUT2D eigenvalue weighted by Gasteiger charge is 2.40. The molecule has 0 spiro atoms. The van der Waals surface area contributed by atoms with Gasteiger partial charge in [0.1, 0.15) is 0 Å². The number of nitrogens with zero attached hydrogens (tertiary/aromatic N) is 4. The second-order valence-electron chi connectivity index (χ2n) is 7.25. The summed E-state index contributed by atoms with van der Waals surface area (Å²) in [4.78, 5) is 30.9. The number of hydrogen-bond donors (Lipinski definition) is 2. The number of carboxylic acids is 1. The number of piperidine rings is 1. The Morgan fingerprint density at radius 1 is 1.17 bits per heavy atom. The van der Waals surface area contributed by atoms with Gasteiger partial charge >= 0.3 is 5.97 Å². The Hall–Kier alpha value is -3.26. The molecule has 1 amide bonds.